The molecule has 5 rings (SSSR count). The zero-order valence-electron chi connectivity index (χ0n) is 22.5. The van der Waals surface area contributed by atoms with Crippen LogP contribution in [0.2, 0.25) is 0 Å². The number of ether oxygens (including phenoxy) is 1. The van der Waals surface area contributed by atoms with Gasteiger partial charge in [0.2, 0.25) is 0 Å². The maximum atomic E-state index is 13.2. The number of fused-ring (bicyclic) bond motifs is 1. The summed E-state index contributed by atoms with van der Waals surface area (Å²) in [6.07, 6.45) is 4.14. The van der Waals surface area contributed by atoms with Gasteiger partial charge in [-0.05, 0) is 49.1 Å². The Morgan fingerprint density at radius 3 is 2.66 bits per heavy atom. The number of aromatic nitrogens is 1. The molecule has 0 spiro atoms. The van der Waals surface area contributed by atoms with Crippen LogP contribution in [0.1, 0.15) is 39.9 Å². The lowest BCUT2D eigenvalue weighted by atomic mass is 10.1. The van der Waals surface area contributed by atoms with E-state index in [1.165, 1.54) is 17.5 Å². The van der Waals surface area contributed by atoms with Crippen LogP contribution in [0.15, 0.2) is 79.0 Å². The van der Waals surface area contributed by atoms with Crippen LogP contribution in [-0.2, 0) is 19.6 Å². The Balaban J connectivity index is 1.19. The van der Waals surface area contributed by atoms with Crippen molar-refractivity contribution in [3.63, 3.8) is 0 Å². The van der Waals surface area contributed by atoms with Crippen molar-refractivity contribution in [2.75, 3.05) is 26.7 Å². The molecule has 1 aliphatic rings. The molecule has 0 saturated carbocycles. The number of para-hydroxylation sites is 1. The van der Waals surface area contributed by atoms with Crippen molar-refractivity contribution in [1.29, 1.82) is 0 Å². The van der Waals surface area contributed by atoms with Crippen LogP contribution in [-0.4, -0.2) is 48.2 Å². The summed E-state index contributed by atoms with van der Waals surface area (Å²) in [5.41, 5.74) is 5.34. The smallest absolute Gasteiger partial charge is 0.253 e. The Hall–Kier alpha value is -3.61. The second-order valence-corrected chi connectivity index (χ2v) is 10.2. The molecular weight excluding hydrogens is 472 g/mol. The van der Waals surface area contributed by atoms with Crippen molar-refractivity contribution in [3.8, 4) is 5.75 Å². The second-order valence-electron chi connectivity index (χ2n) is 10.2. The molecule has 2 heterocycles. The van der Waals surface area contributed by atoms with Gasteiger partial charge in [0.15, 0.2) is 0 Å². The summed E-state index contributed by atoms with van der Waals surface area (Å²) < 4.78 is 7.86. The summed E-state index contributed by atoms with van der Waals surface area (Å²) in [6.45, 7) is 7.56. The highest BCUT2D eigenvalue weighted by atomic mass is 16.5. The van der Waals surface area contributed by atoms with Gasteiger partial charge in [-0.2, -0.15) is 0 Å². The summed E-state index contributed by atoms with van der Waals surface area (Å²) in [5.74, 6) is 0.730. The first-order chi connectivity index (χ1) is 18.6. The lowest BCUT2D eigenvalue weighted by molar-refractivity contribution is 0.0952. The van der Waals surface area contributed by atoms with E-state index in [-0.39, 0.29) is 5.91 Å². The zero-order chi connectivity index (χ0) is 26.3. The molecule has 1 fully saturated rings. The first-order valence-corrected chi connectivity index (χ1v) is 13.6. The lowest BCUT2D eigenvalue weighted by Gasteiger charge is -2.17. The molecule has 38 heavy (non-hydrogen) atoms. The number of amides is 1. The van der Waals surface area contributed by atoms with Gasteiger partial charge in [0.1, 0.15) is 5.75 Å². The molecule has 0 radical (unpaired) electrons. The van der Waals surface area contributed by atoms with Crippen molar-refractivity contribution < 1.29 is 9.53 Å². The number of nitrogens with one attached hydrogen (secondary N) is 2. The molecule has 1 unspecified atom stereocenters. The summed E-state index contributed by atoms with van der Waals surface area (Å²) >= 11 is 0. The minimum Gasteiger partial charge on any atom is -0.495 e. The predicted molar refractivity (Wildman–Crippen MR) is 154 cm³/mol. The van der Waals surface area contributed by atoms with E-state index < -0.39 is 0 Å². The van der Waals surface area contributed by atoms with Gasteiger partial charge in [-0.1, -0.05) is 66.7 Å². The van der Waals surface area contributed by atoms with Crippen LogP contribution in [0, 0.1) is 6.92 Å². The van der Waals surface area contributed by atoms with Gasteiger partial charge in [-0.15, -0.1) is 0 Å². The van der Waals surface area contributed by atoms with E-state index in [0.29, 0.717) is 18.2 Å². The van der Waals surface area contributed by atoms with Crippen LogP contribution in [0.4, 0.5) is 0 Å². The maximum Gasteiger partial charge on any atom is 0.253 e. The third-order valence-electron chi connectivity index (χ3n) is 7.56. The molecule has 0 aliphatic carbocycles. The molecule has 1 atom stereocenters. The number of nitrogens with zero attached hydrogens (tertiary/aromatic N) is 2. The van der Waals surface area contributed by atoms with E-state index in [2.05, 4.69) is 69.5 Å². The predicted octanol–water partition coefficient (Wildman–Crippen LogP) is 5.14. The third kappa shape index (κ3) is 6.09. The fraction of sp³-hybridized carbons (Fsp3) is 0.344. The van der Waals surface area contributed by atoms with Gasteiger partial charge in [0, 0.05) is 50.3 Å². The highest BCUT2D eigenvalue weighted by Gasteiger charge is 2.22. The van der Waals surface area contributed by atoms with Crippen molar-refractivity contribution >= 4 is 16.8 Å². The van der Waals surface area contributed by atoms with Crippen LogP contribution < -0.4 is 15.4 Å². The zero-order valence-corrected chi connectivity index (χ0v) is 22.5. The highest BCUT2D eigenvalue weighted by molar-refractivity contribution is 6.08. The molecular formula is C32H38N4O2. The van der Waals surface area contributed by atoms with Gasteiger partial charge in [0.25, 0.3) is 5.91 Å². The van der Waals surface area contributed by atoms with Gasteiger partial charge in [0.05, 0.1) is 18.2 Å². The van der Waals surface area contributed by atoms with Gasteiger partial charge < -0.3 is 19.9 Å². The van der Waals surface area contributed by atoms with Crippen LogP contribution >= 0.6 is 0 Å². The average molecular weight is 511 g/mol. The topological polar surface area (TPSA) is 58.5 Å². The monoisotopic (exact) mass is 510 g/mol. The fourth-order valence-corrected chi connectivity index (χ4v) is 5.47. The number of methoxy groups -OCH3 is 1. The number of aryl methyl sites for hydroxylation is 2. The van der Waals surface area contributed by atoms with Crippen molar-refractivity contribution in [2.24, 2.45) is 0 Å². The lowest BCUT2D eigenvalue weighted by Crippen LogP contribution is -2.33. The summed E-state index contributed by atoms with van der Waals surface area (Å²) in [4.78, 5) is 15.8. The fourth-order valence-electron chi connectivity index (χ4n) is 5.47. The third-order valence-corrected chi connectivity index (χ3v) is 7.56. The number of hydrogen-bond donors (Lipinski definition) is 2. The molecule has 3 aromatic carbocycles. The SMILES string of the molecule is COc1cccc2c(C(=O)NCc3ccccc3C)cn(CCCNC3CCN(Cc4ccccc4)C3)c12. The minimum atomic E-state index is -0.0622. The Kier molecular flexibility index (Phi) is 8.41. The van der Waals surface area contributed by atoms with Crippen LogP contribution in [0.5, 0.6) is 5.75 Å². The Bertz CT molecular complexity index is 1360. The average Bonchev–Trinajstić information content (AvgIpc) is 3.55. The van der Waals surface area contributed by atoms with Crippen molar-refractivity contribution in [3.05, 3.63) is 101 Å². The van der Waals surface area contributed by atoms with E-state index in [1.807, 2.05) is 36.5 Å². The molecule has 1 aromatic heterocycles. The molecule has 1 aliphatic heterocycles. The maximum absolute atomic E-state index is 13.2. The highest BCUT2D eigenvalue weighted by Crippen LogP contribution is 2.30. The standard InChI is InChI=1S/C32H38N4O2/c1-24-10-6-7-13-26(24)20-34-32(37)29-23-36(31-28(29)14-8-15-30(31)38-2)18-9-17-33-27-16-19-35(22-27)21-25-11-4-3-5-12-25/h3-8,10-15,23,27,33H,9,16-22H2,1-2H3,(H,34,37). The number of hydrogen-bond acceptors (Lipinski definition) is 4. The largest absolute Gasteiger partial charge is 0.495 e. The second kappa shape index (κ2) is 12.3. The van der Waals surface area contributed by atoms with E-state index in [9.17, 15) is 4.79 Å². The number of carbonyl (C=O) groups is 1. The van der Waals surface area contributed by atoms with E-state index in [0.717, 1.165) is 61.4 Å². The quantitative estimate of drug-likeness (QED) is 0.274. The molecule has 1 amide bonds. The van der Waals surface area contributed by atoms with Gasteiger partial charge >= 0.3 is 0 Å². The molecule has 198 valence electrons. The number of carbonyl (C=O) groups excluding carboxylic acids is 1. The van der Waals surface area contributed by atoms with Crippen molar-refractivity contribution in [1.82, 2.24) is 20.1 Å². The Morgan fingerprint density at radius 2 is 1.84 bits per heavy atom. The van der Waals surface area contributed by atoms with E-state index in [4.69, 9.17) is 4.74 Å². The van der Waals surface area contributed by atoms with Crippen LogP contribution in [0.25, 0.3) is 10.9 Å². The van der Waals surface area contributed by atoms with Crippen LogP contribution in [0.3, 0.4) is 0 Å². The minimum absolute atomic E-state index is 0.0622. The number of rotatable bonds is 11. The molecule has 6 nitrogen and oxygen atoms in total. The van der Waals surface area contributed by atoms with Gasteiger partial charge in [-0.25, -0.2) is 0 Å². The summed E-state index contributed by atoms with van der Waals surface area (Å²) in [6, 6.07) is 25.3. The van der Waals surface area contributed by atoms with E-state index >= 15 is 0 Å². The number of likely N-dealkylation sites (tertiary alicyclic amines) is 1. The van der Waals surface area contributed by atoms with E-state index in [1.54, 1.807) is 7.11 Å². The summed E-state index contributed by atoms with van der Waals surface area (Å²) in [5, 5.41) is 7.79. The molecule has 1 saturated heterocycles. The summed E-state index contributed by atoms with van der Waals surface area (Å²) in [7, 11) is 1.69. The molecule has 4 aromatic rings. The number of benzene rings is 3. The Labute approximate surface area is 225 Å². The first-order valence-electron chi connectivity index (χ1n) is 13.6. The van der Waals surface area contributed by atoms with Crippen molar-refractivity contribution in [2.45, 2.75) is 45.4 Å². The molecule has 2 N–H and O–H groups in total. The molecule has 6 heteroatoms. The normalized spacial score (nSPS) is 15.7. The Morgan fingerprint density at radius 1 is 1.03 bits per heavy atom. The van der Waals surface area contributed by atoms with Gasteiger partial charge in [-0.3, -0.25) is 9.69 Å². The molecule has 0 bridgehead atoms. The first kappa shape index (κ1) is 26.0.